The summed E-state index contributed by atoms with van der Waals surface area (Å²) in [5.74, 6) is 0.872. The second-order valence-corrected chi connectivity index (χ2v) is 6.10. The zero-order valence-electron chi connectivity index (χ0n) is 14.1. The van der Waals surface area contributed by atoms with Crippen molar-refractivity contribution in [3.05, 3.63) is 71.1 Å². The summed E-state index contributed by atoms with van der Waals surface area (Å²) >= 11 is 0. The number of nitrogens with zero attached hydrogens (tertiary/aromatic N) is 5. The fourth-order valence-corrected chi connectivity index (χ4v) is 3.00. The van der Waals surface area contributed by atoms with E-state index in [9.17, 15) is 9.18 Å². The van der Waals surface area contributed by atoms with E-state index in [1.807, 2.05) is 4.90 Å². The monoisotopic (exact) mass is 355 g/mol. The summed E-state index contributed by atoms with van der Waals surface area (Å²) < 4.78 is 19.7. The molecule has 1 aromatic carbocycles. The molecule has 2 aromatic heterocycles. The largest absolute Gasteiger partial charge is 0.467 e. The molecular formula is C18H18FN5O2. The Balaban J connectivity index is 1.42. The second kappa shape index (κ2) is 6.99. The zero-order valence-corrected chi connectivity index (χ0v) is 14.1. The average molecular weight is 355 g/mol. The molecule has 0 amide bonds. The molecule has 8 heteroatoms. The van der Waals surface area contributed by atoms with Gasteiger partial charge in [0, 0.05) is 31.9 Å². The lowest BCUT2D eigenvalue weighted by atomic mass is 10.2. The van der Waals surface area contributed by atoms with Gasteiger partial charge in [0.25, 0.3) is 0 Å². The Morgan fingerprint density at radius 3 is 2.42 bits per heavy atom. The lowest BCUT2D eigenvalue weighted by molar-refractivity contribution is 0.484. The van der Waals surface area contributed by atoms with Crippen LogP contribution in [0.4, 0.5) is 16.0 Å². The number of furan rings is 1. The lowest BCUT2D eigenvalue weighted by Crippen LogP contribution is -2.47. The Hall–Kier alpha value is -3.16. The van der Waals surface area contributed by atoms with E-state index in [1.165, 1.54) is 23.0 Å². The van der Waals surface area contributed by atoms with Gasteiger partial charge in [-0.2, -0.15) is 4.98 Å². The molecule has 0 unspecified atom stereocenters. The van der Waals surface area contributed by atoms with E-state index in [0.29, 0.717) is 31.3 Å². The van der Waals surface area contributed by atoms with Gasteiger partial charge in [0.1, 0.15) is 17.9 Å². The van der Waals surface area contributed by atoms with Crippen LogP contribution in [0.25, 0.3) is 0 Å². The number of hydrogen-bond acceptors (Lipinski definition) is 6. The molecule has 1 saturated heterocycles. The first-order valence-corrected chi connectivity index (χ1v) is 8.40. The highest BCUT2D eigenvalue weighted by Crippen LogP contribution is 2.18. The molecule has 1 fully saturated rings. The predicted molar refractivity (Wildman–Crippen MR) is 94.9 cm³/mol. The normalized spacial score (nSPS) is 14.7. The molecule has 4 rings (SSSR count). The van der Waals surface area contributed by atoms with Gasteiger partial charge in [-0.15, -0.1) is 0 Å². The molecule has 0 bridgehead atoms. The highest BCUT2D eigenvalue weighted by molar-refractivity contribution is 5.48. The van der Waals surface area contributed by atoms with Crippen LogP contribution in [0.5, 0.6) is 0 Å². The van der Waals surface area contributed by atoms with Crippen LogP contribution in [0, 0.1) is 5.82 Å². The maximum Gasteiger partial charge on any atom is 0.352 e. The van der Waals surface area contributed by atoms with Crippen LogP contribution in [0.2, 0.25) is 0 Å². The van der Waals surface area contributed by atoms with Crippen LogP contribution in [0.3, 0.4) is 0 Å². The van der Waals surface area contributed by atoms with Crippen molar-refractivity contribution in [3.63, 3.8) is 0 Å². The molecule has 0 saturated carbocycles. The Kier molecular flexibility index (Phi) is 4.39. The van der Waals surface area contributed by atoms with Crippen molar-refractivity contribution in [3.8, 4) is 0 Å². The summed E-state index contributed by atoms with van der Waals surface area (Å²) in [6.45, 7) is 3.21. The first-order chi connectivity index (χ1) is 12.7. The molecule has 0 spiro atoms. The summed E-state index contributed by atoms with van der Waals surface area (Å²) in [6, 6.07) is 10.0. The molecule has 0 aliphatic carbocycles. The van der Waals surface area contributed by atoms with Gasteiger partial charge in [0.15, 0.2) is 0 Å². The molecule has 0 N–H and O–H groups in total. The van der Waals surface area contributed by atoms with Gasteiger partial charge >= 0.3 is 5.69 Å². The number of piperazine rings is 1. The van der Waals surface area contributed by atoms with Crippen LogP contribution in [0.1, 0.15) is 5.76 Å². The summed E-state index contributed by atoms with van der Waals surface area (Å²) in [4.78, 5) is 24.8. The Labute approximate surface area is 149 Å². The van der Waals surface area contributed by atoms with Gasteiger partial charge in [0.2, 0.25) is 5.95 Å². The lowest BCUT2D eigenvalue weighted by Gasteiger charge is -2.36. The summed E-state index contributed by atoms with van der Waals surface area (Å²) in [7, 11) is 0. The number of anilines is 2. The molecule has 0 atom stereocenters. The molecule has 26 heavy (non-hydrogen) atoms. The fraction of sp³-hybridized carbons (Fsp3) is 0.278. The van der Waals surface area contributed by atoms with Crippen molar-refractivity contribution in [2.24, 2.45) is 0 Å². The van der Waals surface area contributed by atoms with E-state index in [0.717, 1.165) is 18.8 Å². The maximum atomic E-state index is 13.0. The highest BCUT2D eigenvalue weighted by Gasteiger charge is 2.20. The molecule has 3 aromatic rings. The topological polar surface area (TPSA) is 67.4 Å². The van der Waals surface area contributed by atoms with Crippen molar-refractivity contribution in [1.82, 2.24) is 14.5 Å². The van der Waals surface area contributed by atoms with Gasteiger partial charge in [-0.25, -0.2) is 14.2 Å². The van der Waals surface area contributed by atoms with Crippen LogP contribution >= 0.6 is 0 Å². The maximum absolute atomic E-state index is 13.0. The van der Waals surface area contributed by atoms with Crippen LogP contribution in [-0.4, -0.2) is 40.7 Å². The van der Waals surface area contributed by atoms with Gasteiger partial charge in [0.05, 0.1) is 12.8 Å². The van der Waals surface area contributed by atoms with E-state index in [4.69, 9.17) is 4.42 Å². The van der Waals surface area contributed by atoms with Crippen LogP contribution in [0.15, 0.2) is 58.2 Å². The van der Waals surface area contributed by atoms with Crippen molar-refractivity contribution in [2.45, 2.75) is 6.54 Å². The average Bonchev–Trinajstić information content (AvgIpc) is 3.17. The molecule has 1 aliphatic heterocycles. The summed E-state index contributed by atoms with van der Waals surface area (Å²) in [6.07, 6.45) is 3.07. The third kappa shape index (κ3) is 3.44. The molecule has 3 heterocycles. The van der Waals surface area contributed by atoms with E-state index in [2.05, 4.69) is 14.9 Å². The minimum atomic E-state index is -0.354. The number of hydrogen-bond donors (Lipinski definition) is 0. The number of halogens is 1. The molecule has 1 aliphatic rings. The number of aromatic nitrogens is 3. The van der Waals surface area contributed by atoms with Crippen molar-refractivity contribution < 1.29 is 8.81 Å². The van der Waals surface area contributed by atoms with Gasteiger partial charge in [-0.3, -0.25) is 4.57 Å². The minimum absolute atomic E-state index is 0.240. The highest BCUT2D eigenvalue weighted by atomic mass is 19.1. The van der Waals surface area contributed by atoms with E-state index in [1.54, 1.807) is 30.5 Å². The number of benzene rings is 1. The minimum Gasteiger partial charge on any atom is -0.467 e. The van der Waals surface area contributed by atoms with Crippen LogP contribution in [-0.2, 0) is 6.54 Å². The standard InChI is InChI=1S/C18H18FN5O2/c19-14-3-5-15(6-4-14)22-7-9-23(10-8-22)17-20-13-24(18(25)21-17)12-16-2-1-11-26-16/h1-6,11,13H,7-10,12H2. The third-order valence-corrected chi connectivity index (χ3v) is 4.41. The van der Waals surface area contributed by atoms with E-state index in [-0.39, 0.29) is 11.5 Å². The molecular weight excluding hydrogens is 337 g/mol. The Bertz CT molecular complexity index is 916. The summed E-state index contributed by atoms with van der Waals surface area (Å²) in [5, 5.41) is 0. The Morgan fingerprint density at radius 1 is 1.04 bits per heavy atom. The van der Waals surface area contributed by atoms with Gasteiger partial charge in [-0.05, 0) is 36.4 Å². The number of rotatable bonds is 4. The second-order valence-electron chi connectivity index (χ2n) is 6.10. The van der Waals surface area contributed by atoms with Gasteiger partial charge < -0.3 is 14.2 Å². The predicted octanol–water partition coefficient (Wildman–Crippen LogP) is 1.75. The van der Waals surface area contributed by atoms with Crippen molar-refractivity contribution in [2.75, 3.05) is 36.0 Å². The molecule has 134 valence electrons. The first-order valence-electron chi connectivity index (χ1n) is 8.40. The smallest absolute Gasteiger partial charge is 0.352 e. The fourth-order valence-electron chi connectivity index (χ4n) is 3.00. The van der Waals surface area contributed by atoms with Crippen molar-refractivity contribution >= 4 is 11.6 Å². The third-order valence-electron chi connectivity index (χ3n) is 4.41. The molecule has 0 radical (unpaired) electrons. The van der Waals surface area contributed by atoms with Crippen LogP contribution < -0.4 is 15.5 Å². The molecule has 7 nitrogen and oxygen atoms in total. The first kappa shape index (κ1) is 16.3. The van der Waals surface area contributed by atoms with E-state index >= 15 is 0 Å². The van der Waals surface area contributed by atoms with Gasteiger partial charge in [-0.1, -0.05) is 0 Å². The Morgan fingerprint density at radius 2 is 1.77 bits per heavy atom. The van der Waals surface area contributed by atoms with Crippen molar-refractivity contribution in [1.29, 1.82) is 0 Å². The summed E-state index contributed by atoms with van der Waals surface area (Å²) in [5.41, 5.74) is 0.633. The van der Waals surface area contributed by atoms with E-state index < -0.39 is 0 Å². The SMILES string of the molecule is O=c1nc(N2CCN(c3ccc(F)cc3)CC2)ncn1Cc1ccco1. The quantitative estimate of drug-likeness (QED) is 0.710. The zero-order chi connectivity index (χ0) is 17.9.